The molecule has 0 bridgehead atoms. The third-order valence-electron chi connectivity index (χ3n) is 4.02. The monoisotopic (exact) mass is 415 g/mol. The van der Waals surface area contributed by atoms with Gasteiger partial charge in [0.2, 0.25) is 10.0 Å². The molecule has 0 radical (unpaired) electrons. The first-order chi connectivity index (χ1) is 13.6. The van der Waals surface area contributed by atoms with Crippen LogP contribution < -0.4 is 9.62 Å². The van der Waals surface area contributed by atoms with Crippen molar-refractivity contribution in [1.82, 2.24) is 0 Å². The van der Waals surface area contributed by atoms with Gasteiger partial charge in [-0.1, -0.05) is 18.2 Å². The van der Waals surface area contributed by atoms with E-state index in [-0.39, 0.29) is 0 Å². The second-order valence-corrected chi connectivity index (χ2v) is 8.27. The lowest BCUT2D eigenvalue weighted by Gasteiger charge is -2.24. The SMILES string of the molecule is Cc1ccccc1N(CC(=O)O[C@@H](C)C(=O)Nc1ccc(C#N)cc1)S(C)(=O)=O. The maximum atomic E-state index is 12.3. The Morgan fingerprint density at radius 2 is 1.79 bits per heavy atom. The molecule has 0 spiro atoms. The summed E-state index contributed by atoms with van der Waals surface area (Å²) in [5, 5.41) is 11.4. The van der Waals surface area contributed by atoms with E-state index in [1.165, 1.54) is 6.92 Å². The zero-order valence-corrected chi connectivity index (χ0v) is 17.1. The van der Waals surface area contributed by atoms with Gasteiger partial charge in [-0.3, -0.25) is 13.9 Å². The molecule has 0 saturated carbocycles. The van der Waals surface area contributed by atoms with Gasteiger partial charge < -0.3 is 10.1 Å². The van der Waals surface area contributed by atoms with Gasteiger partial charge in [-0.15, -0.1) is 0 Å². The van der Waals surface area contributed by atoms with Crippen LogP contribution in [0.4, 0.5) is 11.4 Å². The Bertz CT molecular complexity index is 1040. The lowest BCUT2D eigenvalue weighted by molar-refractivity contribution is -0.151. The normalized spacial score (nSPS) is 11.8. The van der Waals surface area contributed by atoms with Crippen LogP contribution in [0.2, 0.25) is 0 Å². The van der Waals surface area contributed by atoms with Gasteiger partial charge in [0.15, 0.2) is 6.10 Å². The summed E-state index contributed by atoms with van der Waals surface area (Å²) >= 11 is 0. The number of rotatable bonds is 7. The predicted molar refractivity (Wildman–Crippen MR) is 109 cm³/mol. The molecule has 0 aliphatic carbocycles. The molecule has 0 aliphatic rings. The Kier molecular flexibility index (Phi) is 6.96. The number of aryl methyl sites for hydroxylation is 1. The maximum Gasteiger partial charge on any atom is 0.327 e. The molecule has 1 N–H and O–H groups in total. The van der Waals surface area contributed by atoms with Crippen molar-refractivity contribution in [2.75, 3.05) is 22.4 Å². The van der Waals surface area contributed by atoms with Crippen molar-refractivity contribution in [2.45, 2.75) is 20.0 Å². The van der Waals surface area contributed by atoms with Gasteiger partial charge in [-0.05, 0) is 49.7 Å². The van der Waals surface area contributed by atoms with Crippen LogP contribution in [0.1, 0.15) is 18.1 Å². The maximum absolute atomic E-state index is 12.3. The third-order valence-corrected chi connectivity index (χ3v) is 5.14. The van der Waals surface area contributed by atoms with Gasteiger partial charge in [0.05, 0.1) is 23.6 Å². The number of esters is 1. The quantitative estimate of drug-likeness (QED) is 0.693. The van der Waals surface area contributed by atoms with E-state index in [1.807, 2.05) is 6.07 Å². The minimum absolute atomic E-state index is 0.363. The third kappa shape index (κ3) is 6.05. The Morgan fingerprint density at radius 3 is 2.34 bits per heavy atom. The van der Waals surface area contributed by atoms with Gasteiger partial charge in [0.25, 0.3) is 5.91 Å². The molecule has 0 aliphatic heterocycles. The van der Waals surface area contributed by atoms with Crippen LogP contribution in [-0.4, -0.2) is 39.2 Å². The molecule has 8 nitrogen and oxygen atoms in total. The molecular formula is C20H21N3O5S. The topological polar surface area (TPSA) is 117 Å². The molecule has 9 heteroatoms. The van der Waals surface area contributed by atoms with E-state index in [2.05, 4.69) is 5.32 Å². The summed E-state index contributed by atoms with van der Waals surface area (Å²) in [7, 11) is -3.74. The number of hydrogen-bond acceptors (Lipinski definition) is 6. The number of carbonyl (C=O) groups excluding carboxylic acids is 2. The van der Waals surface area contributed by atoms with Gasteiger partial charge >= 0.3 is 5.97 Å². The number of para-hydroxylation sites is 1. The van der Waals surface area contributed by atoms with E-state index >= 15 is 0 Å². The number of carbonyl (C=O) groups is 2. The molecule has 2 aromatic rings. The lowest BCUT2D eigenvalue weighted by Crippen LogP contribution is -2.39. The molecule has 0 saturated heterocycles. The number of nitriles is 1. The molecule has 0 unspecified atom stereocenters. The van der Waals surface area contributed by atoms with Crippen molar-refractivity contribution in [2.24, 2.45) is 0 Å². The van der Waals surface area contributed by atoms with Crippen molar-refractivity contribution >= 4 is 33.3 Å². The first-order valence-electron chi connectivity index (χ1n) is 8.65. The van der Waals surface area contributed by atoms with E-state index in [4.69, 9.17) is 10.00 Å². The Balaban J connectivity index is 2.04. The van der Waals surface area contributed by atoms with Crippen molar-refractivity contribution in [3.8, 4) is 6.07 Å². The molecule has 29 heavy (non-hydrogen) atoms. The number of amides is 1. The van der Waals surface area contributed by atoms with E-state index in [0.29, 0.717) is 22.5 Å². The number of benzene rings is 2. The first kappa shape index (κ1) is 21.9. The van der Waals surface area contributed by atoms with Gasteiger partial charge in [-0.2, -0.15) is 5.26 Å². The van der Waals surface area contributed by atoms with Crippen molar-refractivity contribution in [1.29, 1.82) is 5.26 Å². The summed E-state index contributed by atoms with van der Waals surface area (Å²) in [6.07, 6.45) is -0.148. The Hall–Kier alpha value is -3.38. The number of hydrogen-bond donors (Lipinski definition) is 1. The van der Waals surface area contributed by atoms with Crippen LogP contribution in [0.3, 0.4) is 0 Å². The molecule has 2 aromatic carbocycles. The highest BCUT2D eigenvalue weighted by Crippen LogP contribution is 2.22. The fraction of sp³-hybridized carbons (Fsp3) is 0.250. The molecule has 0 heterocycles. The van der Waals surface area contributed by atoms with E-state index in [0.717, 1.165) is 10.6 Å². The molecule has 152 valence electrons. The standard InChI is InChI=1S/C20H21N3O5S/c1-14-6-4-5-7-18(14)23(29(3,26)27)13-19(24)28-15(2)20(25)22-17-10-8-16(12-21)9-11-17/h4-11,15H,13H2,1-3H3,(H,22,25)/t15-/m0/s1. The van der Waals surface area contributed by atoms with Gasteiger partial charge in [-0.25, -0.2) is 8.42 Å². The summed E-state index contributed by atoms with van der Waals surface area (Å²) in [6.45, 7) is 2.56. The van der Waals surface area contributed by atoms with E-state index < -0.39 is 34.5 Å². The van der Waals surface area contributed by atoms with E-state index in [9.17, 15) is 18.0 Å². The summed E-state index contributed by atoms with van der Waals surface area (Å²) in [6, 6.07) is 14.9. The fourth-order valence-corrected chi connectivity index (χ4v) is 3.40. The number of nitrogens with zero attached hydrogens (tertiary/aromatic N) is 2. The van der Waals surface area contributed by atoms with Gasteiger partial charge in [0.1, 0.15) is 6.54 Å². The molecule has 1 amide bonds. The first-order valence-corrected chi connectivity index (χ1v) is 10.5. The molecule has 0 aromatic heterocycles. The highest BCUT2D eigenvalue weighted by molar-refractivity contribution is 7.92. The van der Waals surface area contributed by atoms with Crippen LogP contribution in [-0.2, 0) is 24.3 Å². The number of sulfonamides is 1. The van der Waals surface area contributed by atoms with Crippen molar-refractivity contribution < 1.29 is 22.7 Å². The zero-order chi connectivity index (χ0) is 21.6. The zero-order valence-electron chi connectivity index (χ0n) is 16.2. The highest BCUT2D eigenvalue weighted by atomic mass is 32.2. The van der Waals surface area contributed by atoms with Crippen LogP contribution in [0, 0.1) is 18.3 Å². The summed E-state index contributed by atoms with van der Waals surface area (Å²) in [4.78, 5) is 24.5. The molecular weight excluding hydrogens is 394 g/mol. The van der Waals surface area contributed by atoms with Crippen molar-refractivity contribution in [3.63, 3.8) is 0 Å². The van der Waals surface area contributed by atoms with Crippen molar-refractivity contribution in [3.05, 3.63) is 59.7 Å². The number of nitrogens with one attached hydrogen (secondary N) is 1. The molecule has 2 rings (SSSR count). The Labute approximate surface area is 169 Å². The molecule has 1 atom stereocenters. The number of anilines is 2. The average molecular weight is 415 g/mol. The van der Waals surface area contributed by atoms with E-state index in [1.54, 1.807) is 55.5 Å². The minimum atomic E-state index is -3.74. The second-order valence-electron chi connectivity index (χ2n) is 6.37. The predicted octanol–water partition coefficient (Wildman–Crippen LogP) is 2.20. The van der Waals surface area contributed by atoms with Crippen LogP contribution in [0.5, 0.6) is 0 Å². The summed E-state index contributed by atoms with van der Waals surface area (Å²) in [5.41, 5.74) is 1.92. The Morgan fingerprint density at radius 1 is 1.17 bits per heavy atom. The summed E-state index contributed by atoms with van der Waals surface area (Å²) < 4.78 is 30.3. The van der Waals surface area contributed by atoms with Crippen LogP contribution in [0.15, 0.2) is 48.5 Å². The molecule has 0 fully saturated rings. The number of ether oxygens (including phenoxy) is 1. The van der Waals surface area contributed by atoms with Crippen LogP contribution in [0.25, 0.3) is 0 Å². The highest BCUT2D eigenvalue weighted by Gasteiger charge is 2.25. The minimum Gasteiger partial charge on any atom is -0.451 e. The lowest BCUT2D eigenvalue weighted by atomic mass is 10.2. The largest absolute Gasteiger partial charge is 0.451 e. The van der Waals surface area contributed by atoms with Gasteiger partial charge in [0, 0.05) is 5.69 Å². The summed E-state index contributed by atoms with van der Waals surface area (Å²) in [5.74, 6) is -1.44. The average Bonchev–Trinajstić information content (AvgIpc) is 2.66. The second kappa shape index (κ2) is 9.21. The van der Waals surface area contributed by atoms with Crippen LogP contribution >= 0.6 is 0 Å². The smallest absolute Gasteiger partial charge is 0.327 e. The fourth-order valence-electron chi connectivity index (χ4n) is 2.50.